The smallest absolute Gasteiger partial charge is 0.196 e. The Bertz CT molecular complexity index is 565. The average Bonchev–Trinajstić information content (AvgIpc) is 2.58. The first-order valence-corrected chi connectivity index (χ1v) is 4.71. The predicted molar refractivity (Wildman–Crippen MR) is 57.3 cm³/mol. The number of nitrogens with two attached hydrogens (primary N) is 1. The lowest BCUT2D eigenvalue weighted by molar-refractivity contribution is 0.449. The van der Waals surface area contributed by atoms with E-state index in [9.17, 15) is 13.2 Å². The van der Waals surface area contributed by atoms with E-state index in [0.29, 0.717) is 5.82 Å². The second kappa shape index (κ2) is 4.00. The van der Waals surface area contributed by atoms with Gasteiger partial charge >= 0.3 is 0 Å². The van der Waals surface area contributed by atoms with Crippen molar-refractivity contribution in [3.63, 3.8) is 0 Å². The summed E-state index contributed by atoms with van der Waals surface area (Å²) in [5.41, 5.74) is 5.30. The Morgan fingerprint density at radius 2 is 1.94 bits per heavy atom. The van der Waals surface area contributed by atoms with Gasteiger partial charge in [0.1, 0.15) is 11.6 Å². The third-order valence-electron chi connectivity index (χ3n) is 2.14. The number of rotatable bonds is 2. The summed E-state index contributed by atoms with van der Waals surface area (Å²) in [6, 6.07) is 1.88. The van der Waals surface area contributed by atoms with Crippen molar-refractivity contribution in [1.82, 2.24) is 9.97 Å². The van der Waals surface area contributed by atoms with Crippen LogP contribution in [0.4, 0.5) is 30.5 Å². The van der Waals surface area contributed by atoms with Gasteiger partial charge in [-0.05, 0) is 19.1 Å². The van der Waals surface area contributed by atoms with Crippen molar-refractivity contribution in [2.24, 2.45) is 0 Å². The van der Waals surface area contributed by atoms with E-state index in [2.05, 4.69) is 15.3 Å². The number of hydrogen-bond acceptors (Lipinski definition) is 3. The molecule has 4 nitrogen and oxygen atoms in total. The highest BCUT2D eigenvalue weighted by atomic mass is 19.2. The maximum Gasteiger partial charge on any atom is 0.196 e. The predicted octanol–water partition coefficient (Wildman–Crippen LogP) is 2.46. The number of aromatic nitrogens is 2. The first kappa shape index (κ1) is 11.3. The largest absolute Gasteiger partial charge is 0.382 e. The van der Waals surface area contributed by atoms with Gasteiger partial charge in [-0.1, -0.05) is 0 Å². The molecule has 0 fully saturated rings. The number of nitrogens with zero attached hydrogens (tertiary/aromatic N) is 1. The van der Waals surface area contributed by atoms with Crippen LogP contribution in [0.1, 0.15) is 5.82 Å². The Morgan fingerprint density at radius 1 is 1.24 bits per heavy atom. The van der Waals surface area contributed by atoms with Crippen molar-refractivity contribution in [2.45, 2.75) is 6.92 Å². The SMILES string of the molecule is Cc1nc(Nc2ccc(F)c(F)c2F)c(N)[nH]1. The Kier molecular flexibility index (Phi) is 2.66. The van der Waals surface area contributed by atoms with Gasteiger partial charge in [0.2, 0.25) is 0 Å². The number of hydrogen-bond donors (Lipinski definition) is 3. The molecule has 0 unspecified atom stereocenters. The first-order chi connectivity index (χ1) is 7.99. The maximum atomic E-state index is 13.3. The minimum Gasteiger partial charge on any atom is -0.382 e. The minimum atomic E-state index is -1.54. The van der Waals surface area contributed by atoms with Crippen molar-refractivity contribution in [2.75, 3.05) is 11.1 Å². The van der Waals surface area contributed by atoms with Crippen LogP contribution in [0.3, 0.4) is 0 Å². The monoisotopic (exact) mass is 242 g/mol. The summed E-state index contributed by atoms with van der Waals surface area (Å²) in [4.78, 5) is 6.61. The van der Waals surface area contributed by atoms with E-state index in [0.717, 1.165) is 12.1 Å². The standard InChI is InChI=1S/C10H9F3N4/c1-4-15-9(14)10(16-4)17-6-3-2-5(11)7(12)8(6)13/h2-3,17H,14H2,1H3,(H,15,16). The third kappa shape index (κ3) is 2.03. The van der Waals surface area contributed by atoms with Crippen LogP contribution in [-0.2, 0) is 0 Å². The van der Waals surface area contributed by atoms with E-state index in [4.69, 9.17) is 5.73 Å². The van der Waals surface area contributed by atoms with Crippen LogP contribution in [-0.4, -0.2) is 9.97 Å². The molecule has 0 aliphatic rings. The minimum absolute atomic E-state index is 0.160. The van der Waals surface area contributed by atoms with Gasteiger partial charge in [0.05, 0.1) is 5.69 Å². The van der Waals surface area contributed by atoms with E-state index in [-0.39, 0.29) is 17.3 Å². The number of benzene rings is 1. The lowest BCUT2D eigenvalue weighted by Crippen LogP contribution is -2.01. The molecule has 2 aromatic rings. The molecule has 0 bridgehead atoms. The molecular weight excluding hydrogens is 233 g/mol. The van der Waals surface area contributed by atoms with Crippen LogP contribution < -0.4 is 11.1 Å². The van der Waals surface area contributed by atoms with Crippen LogP contribution in [0.25, 0.3) is 0 Å². The first-order valence-electron chi connectivity index (χ1n) is 4.71. The number of nitrogen functional groups attached to an aromatic ring is 1. The zero-order chi connectivity index (χ0) is 12.6. The summed E-state index contributed by atoms with van der Waals surface area (Å²) >= 11 is 0. The zero-order valence-electron chi connectivity index (χ0n) is 8.81. The van der Waals surface area contributed by atoms with Gasteiger partial charge in [0, 0.05) is 0 Å². The molecule has 0 amide bonds. The van der Waals surface area contributed by atoms with E-state index < -0.39 is 17.5 Å². The number of H-pyrrole nitrogens is 1. The van der Waals surface area contributed by atoms with Crippen LogP contribution in [0.5, 0.6) is 0 Å². The molecule has 7 heteroatoms. The fourth-order valence-corrected chi connectivity index (χ4v) is 1.36. The lowest BCUT2D eigenvalue weighted by Gasteiger charge is -2.06. The number of nitrogens with one attached hydrogen (secondary N) is 2. The highest BCUT2D eigenvalue weighted by Crippen LogP contribution is 2.25. The molecule has 0 saturated carbocycles. The second-order valence-corrected chi connectivity index (χ2v) is 3.43. The molecule has 90 valence electrons. The average molecular weight is 242 g/mol. The quantitative estimate of drug-likeness (QED) is 0.708. The van der Waals surface area contributed by atoms with Gasteiger partial charge in [0.25, 0.3) is 0 Å². The van der Waals surface area contributed by atoms with E-state index in [1.807, 2.05) is 0 Å². The Morgan fingerprint density at radius 3 is 2.53 bits per heavy atom. The Balaban J connectivity index is 2.37. The summed E-state index contributed by atoms with van der Waals surface area (Å²) in [6.45, 7) is 1.66. The van der Waals surface area contributed by atoms with Gasteiger partial charge in [-0.2, -0.15) is 0 Å². The molecule has 0 aliphatic carbocycles. The van der Waals surface area contributed by atoms with Crippen LogP contribution in [0.2, 0.25) is 0 Å². The molecule has 0 spiro atoms. The lowest BCUT2D eigenvalue weighted by atomic mass is 10.3. The second-order valence-electron chi connectivity index (χ2n) is 3.43. The highest BCUT2D eigenvalue weighted by molar-refractivity contribution is 5.66. The van der Waals surface area contributed by atoms with Crippen LogP contribution in [0, 0.1) is 24.4 Å². The summed E-state index contributed by atoms with van der Waals surface area (Å²) in [5.74, 6) is -3.24. The summed E-state index contributed by atoms with van der Waals surface area (Å²) in [7, 11) is 0. The molecule has 0 saturated heterocycles. The van der Waals surface area contributed by atoms with Crippen molar-refractivity contribution in [3.05, 3.63) is 35.4 Å². The number of aromatic amines is 1. The molecule has 1 aromatic carbocycles. The molecule has 4 N–H and O–H groups in total. The fraction of sp³-hybridized carbons (Fsp3) is 0.100. The summed E-state index contributed by atoms with van der Waals surface area (Å²) in [6.07, 6.45) is 0. The molecule has 1 aromatic heterocycles. The fourth-order valence-electron chi connectivity index (χ4n) is 1.36. The van der Waals surface area contributed by atoms with Gasteiger partial charge < -0.3 is 16.0 Å². The van der Waals surface area contributed by atoms with Gasteiger partial charge in [-0.25, -0.2) is 18.2 Å². The Labute approximate surface area is 94.7 Å². The van der Waals surface area contributed by atoms with E-state index in [1.165, 1.54) is 0 Å². The molecule has 0 atom stereocenters. The third-order valence-corrected chi connectivity index (χ3v) is 2.14. The summed E-state index contributed by atoms with van der Waals surface area (Å²) < 4.78 is 39.0. The molecular formula is C10H9F3N4. The topological polar surface area (TPSA) is 66.7 Å². The highest BCUT2D eigenvalue weighted by Gasteiger charge is 2.15. The van der Waals surface area contributed by atoms with Crippen LogP contribution in [0.15, 0.2) is 12.1 Å². The van der Waals surface area contributed by atoms with Crippen LogP contribution >= 0.6 is 0 Å². The number of aryl methyl sites for hydroxylation is 1. The van der Waals surface area contributed by atoms with Gasteiger partial charge in [-0.15, -0.1) is 0 Å². The number of halogens is 3. The maximum absolute atomic E-state index is 13.3. The van der Waals surface area contributed by atoms with Crippen molar-refractivity contribution < 1.29 is 13.2 Å². The molecule has 0 aliphatic heterocycles. The number of imidazole rings is 1. The number of anilines is 3. The Hall–Kier alpha value is -2.18. The zero-order valence-corrected chi connectivity index (χ0v) is 8.81. The molecule has 1 heterocycles. The van der Waals surface area contributed by atoms with Crippen molar-refractivity contribution in [1.29, 1.82) is 0 Å². The van der Waals surface area contributed by atoms with Gasteiger partial charge in [0.15, 0.2) is 23.3 Å². The van der Waals surface area contributed by atoms with Crippen molar-refractivity contribution >= 4 is 17.3 Å². The molecule has 17 heavy (non-hydrogen) atoms. The normalized spacial score (nSPS) is 10.6. The van der Waals surface area contributed by atoms with Gasteiger partial charge in [-0.3, -0.25) is 0 Å². The summed E-state index contributed by atoms with van der Waals surface area (Å²) in [5, 5.41) is 2.48. The van der Waals surface area contributed by atoms with E-state index in [1.54, 1.807) is 6.92 Å². The van der Waals surface area contributed by atoms with Crippen molar-refractivity contribution in [3.8, 4) is 0 Å². The van der Waals surface area contributed by atoms with E-state index >= 15 is 0 Å². The molecule has 0 radical (unpaired) electrons. The molecule has 2 rings (SSSR count).